The van der Waals surface area contributed by atoms with E-state index in [-0.39, 0.29) is 40.6 Å². The highest BCUT2D eigenvalue weighted by atomic mass is 28.3. The van der Waals surface area contributed by atoms with Crippen LogP contribution in [0.5, 0.6) is 0 Å². The predicted octanol–water partition coefficient (Wildman–Crippen LogP) is 6.27. The smallest absolute Gasteiger partial charge is 0.291 e. The maximum atomic E-state index is 13.6. The van der Waals surface area contributed by atoms with Gasteiger partial charge in [0.1, 0.15) is 18.6 Å². The Morgan fingerprint density at radius 3 is 2.40 bits per heavy atom. The van der Waals surface area contributed by atoms with E-state index in [9.17, 15) is 10.1 Å². The van der Waals surface area contributed by atoms with Crippen LogP contribution in [0.25, 0.3) is 5.57 Å². The standard InChI is InChI=1S/C32H49N7O2Si/c1-30(2)14-12-23(13-15-30)27-25(10-11-26(36-27)39-20-31(3,4)37-32(5,6)21-39)35-29(40)28-34-24(18-33)19-38(28)22-41-16-17-42(7,8)9/h10-12,19,37H,13-17,20-22H2,1-9H3,(H,35,40). The molecule has 1 saturated heterocycles. The van der Waals surface area contributed by atoms with Crippen molar-refractivity contribution < 1.29 is 9.53 Å². The van der Waals surface area contributed by atoms with Crippen molar-refractivity contribution in [2.75, 3.05) is 29.9 Å². The molecule has 0 radical (unpaired) electrons. The predicted molar refractivity (Wildman–Crippen MR) is 172 cm³/mol. The SMILES string of the molecule is CC1(C)CC=C(c2nc(N3CC(C)(C)NC(C)(C)C3)ccc2NC(=O)c2nc(C#N)cn2COCC[Si](C)(C)C)CC1. The summed E-state index contributed by atoms with van der Waals surface area (Å²) in [6.45, 7) is 22.8. The number of amides is 1. The van der Waals surface area contributed by atoms with E-state index in [1.54, 1.807) is 10.8 Å². The highest BCUT2D eigenvalue weighted by Gasteiger charge is 2.37. The summed E-state index contributed by atoms with van der Waals surface area (Å²) >= 11 is 0. The van der Waals surface area contributed by atoms with Gasteiger partial charge in [-0.1, -0.05) is 39.6 Å². The van der Waals surface area contributed by atoms with Gasteiger partial charge in [0.05, 0.1) is 11.4 Å². The number of carbonyl (C=O) groups excluding carboxylic acids is 1. The molecule has 9 nitrogen and oxygen atoms in total. The van der Waals surface area contributed by atoms with Gasteiger partial charge in [-0.3, -0.25) is 4.79 Å². The monoisotopic (exact) mass is 591 g/mol. The minimum Gasteiger partial charge on any atom is -0.361 e. The Morgan fingerprint density at radius 1 is 1.12 bits per heavy atom. The molecule has 1 amide bonds. The lowest BCUT2D eigenvalue weighted by atomic mass is 9.77. The zero-order valence-electron chi connectivity index (χ0n) is 27.0. The molecule has 42 heavy (non-hydrogen) atoms. The molecule has 0 spiro atoms. The Bertz CT molecular complexity index is 1360. The Balaban J connectivity index is 1.63. The van der Waals surface area contributed by atoms with Gasteiger partial charge in [0.25, 0.3) is 5.91 Å². The maximum absolute atomic E-state index is 13.6. The Labute approximate surface area is 252 Å². The third-order valence-electron chi connectivity index (χ3n) is 7.90. The highest BCUT2D eigenvalue weighted by molar-refractivity contribution is 6.76. The number of ether oxygens (including phenoxy) is 1. The molecule has 2 aromatic heterocycles. The molecule has 2 aromatic rings. The van der Waals surface area contributed by atoms with Crippen LogP contribution in [0, 0.1) is 16.7 Å². The lowest BCUT2D eigenvalue weighted by Crippen LogP contribution is -2.67. The number of anilines is 2. The summed E-state index contributed by atoms with van der Waals surface area (Å²) < 4.78 is 7.50. The van der Waals surface area contributed by atoms with Gasteiger partial charge >= 0.3 is 0 Å². The Hall–Kier alpha value is -3.00. The van der Waals surface area contributed by atoms with E-state index in [1.807, 2.05) is 12.1 Å². The highest BCUT2D eigenvalue weighted by Crippen LogP contribution is 2.40. The van der Waals surface area contributed by atoms with Crippen LogP contribution in [0.3, 0.4) is 0 Å². The fraction of sp³-hybridized carbons (Fsp3) is 0.625. The number of carbonyl (C=O) groups is 1. The summed E-state index contributed by atoms with van der Waals surface area (Å²) in [5.74, 6) is 0.668. The molecule has 1 aliphatic heterocycles. The first-order chi connectivity index (χ1) is 19.5. The average Bonchev–Trinajstić information content (AvgIpc) is 3.28. The number of allylic oxidation sites excluding steroid dienone is 2. The van der Waals surface area contributed by atoms with Crippen molar-refractivity contribution in [3.63, 3.8) is 0 Å². The number of pyridine rings is 1. The Morgan fingerprint density at radius 2 is 1.81 bits per heavy atom. The Kier molecular flexibility index (Phi) is 9.08. The first-order valence-corrected chi connectivity index (χ1v) is 18.8. The number of piperazine rings is 1. The molecule has 4 rings (SSSR count). The van der Waals surface area contributed by atoms with E-state index in [2.05, 4.69) is 93.8 Å². The second-order valence-electron chi connectivity index (χ2n) is 15.2. The van der Waals surface area contributed by atoms with Gasteiger partial charge in [-0.25, -0.2) is 9.97 Å². The third-order valence-corrected chi connectivity index (χ3v) is 9.60. The lowest BCUT2D eigenvalue weighted by molar-refractivity contribution is 0.0808. The largest absolute Gasteiger partial charge is 0.361 e. The summed E-state index contributed by atoms with van der Waals surface area (Å²) in [5.41, 5.74) is 2.88. The molecule has 10 heteroatoms. The van der Waals surface area contributed by atoms with Crippen LogP contribution in [0.4, 0.5) is 11.5 Å². The van der Waals surface area contributed by atoms with E-state index in [1.165, 1.54) is 0 Å². The van der Waals surface area contributed by atoms with Crippen LogP contribution in [0.1, 0.15) is 82.8 Å². The second-order valence-corrected chi connectivity index (χ2v) is 20.9. The zero-order valence-corrected chi connectivity index (χ0v) is 28.0. The van der Waals surface area contributed by atoms with Gasteiger partial charge in [-0.2, -0.15) is 5.26 Å². The molecule has 2 N–H and O–H groups in total. The van der Waals surface area contributed by atoms with Crippen LogP contribution in [0.2, 0.25) is 25.7 Å². The van der Waals surface area contributed by atoms with Crippen molar-refractivity contribution in [2.45, 2.75) is 104 Å². The molecule has 3 heterocycles. The molecule has 1 aliphatic carbocycles. The molecule has 228 valence electrons. The minimum absolute atomic E-state index is 0.0721. The maximum Gasteiger partial charge on any atom is 0.291 e. The number of aromatic nitrogens is 3. The van der Waals surface area contributed by atoms with Crippen molar-refractivity contribution >= 4 is 31.1 Å². The van der Waals surface area contributed by atoms with Crippen LogP contribution >= 0.6 is 0 Å². The van der Waals surface area contributed by atoms with E-state index >= 15 is 0 Å². The first-order valence-electron chi connectivity index (χ1n) is 15.1. The van der Waals surface area contributed by atoms with Crippen LogP contribution in [-0.2, 0) is 11.5 Å². The number of hydrogen-bond acceptors (Lipinski definition) is 7. The van der Waals surface area contributed by atoms with Gasteiger partial charge in [-0.05, 0) is 76.1 Å². The topological polar surface area (TPSA) is 108 Å². The van der Waals surface area contributed by atoms with Crippen molar-refractivity contribution in [1.29, 1.82) is 5.26 Å². The van der Waals surface area contributed by atoms with Gasteiger partial charge in [0.2, 0.25) is 5.82 Å². The minimum atomic E-state index is -1.25. The fourth-order valence-electron chi connectivity index (χ4n) is 5.90. The number of nitriles is 1. The second kappa shape index (κ2) is 11.9. The number of nitrogens with one attached hydrogen (secondary N) is 2. The van der Waals surface area contributed by atoms with Gasteiger partial charge < -0.3 is 24.8 Å². The molecule has 0 bridgehead atoms. The summed E-state index contributed by atoms with van der Waals surface area (Å²) in [4.78, 5) is 25.5. The van der Waals surface area contributed by atoms with Gasteiger partial charge in [-0.15, -0.1) is 0 Å². The number of hydrogen-bond donors (Lipinski definition) is 2. The summed E-state index contributed by atoms with van der Waals surface area (Å²) in [5, 5.41) is 16.3. The molecule has 1 fully saturated rings. The number of nitrogens with zero attached hydrogens (tertiary/aromatic N) is 5. The molecule has 0 unspecified atom stereocenters. The van der Waals surface area contributed by atoms with Crippen molar-refractivity contribution in [2.24, 2.45) is 5.41 Å². The van der Waals surface area contributed by atoms with Crippen molar-refractivity contribution in [1.82, 2.24) is 19.9 Å². The normalized spacial score (nSPS) is 19.6. The zero-order chi connectivity index (χ0) is 30.9. The quantitative estimate of drug-likeness (QED) is 0.261. The molecular weight excluding hydrogens is 542 g/mol. The summed E-state index contributed by atoms with van der Waals surface area (Å²) in [6, 6.07) is 7.03. The third kappa shape index (κ3) is 8.30. The first kappa shape index (κ1) is 31.9. The molecule has 0 saturated carbocycles. The van der Waals surface area contributed by atoms with Crippen LogP contribution in [0.15, 0.2) is 24.4 Å². The average molecular weight is 592 g/mol. The number of rotatable bonds is 9. The van der Waals surface area contributed by atoms with Crippen LogP contribution in [-0.4, -0.2) is 59.3 Å². The summed E-state index contributed by atoms with van der Waals surface area (Å²) in [7, 11) is -1.25. The fourth-order valence-corrected chi connectivity index (χ4v) is 6.66. The van der Waals surface area contributed by atoms with E-state index in [0.29, 0.717) is 12.3 Å². The lowest BCUT2D eigenvalue weighted by Gasteiger charge is -2.48. The van der Waals surface area contributed by atoms with E-state index < -0.39 is 8.07 Å². The summed E-state index contributed by atoms with van der Waals surface area (Å²) in [6.07, 6.45) is 6.75. The van der Waals surface area contributed by atoms with Gasteiger partial charge in [0.15, 0.2) is 5.69 Å². The number of imidazole rings is 1. The van der Waals surface area contributed by atoms with Gasteiger partial charge in [0, 0.05) is 45.0 Å². The van der Waals surface area contributed by atoms with E-state index in [0.717, 1.165) is 55.5 Å². The van der Waals surface area contributed by atoms with Crippen molar-refractivity contribution in [3.8, 4) is 6.07 Å². The molecule has 0 aromatic carbocycles. The molecular formula is C32H49N7O2Si. The van der Waals surface area contributed by atoms with Crippen molar-refractivity contribution in [3.05, 3.63) is 41.6 Å². The van der Waals surface area contributed by atoms with Crippen LogP contribution < -0.4 is 15.5 Å². The molecule has 0 atom stereocenters. The molecule has 2 aliphatic rings. The van der Waals surface area contributed by atoms with E-state index in [4.69, 9.17) is 9.72 Å².